The third-order valence-electron chi connectivity index (χ3n) is 2.30. The number of urea groups is 1. The highest BCUT2D eigenvalue weighted by atomic mass is 16.5. The highest BCUT2D eigenvalue weighted by molar-refractivity contribution is 5.91. The van der Waals surface area contributed by atoms with Crippen molar-refractivity contribution < 1.29 is 23.9 Å². The Morgan fingerprint density at radius 1 is 1.42 bits per heavy atom. The number of amides is 2. The van der Waals surface area contributed by atoms with E-state index in [0.29, 0.717) is 6.54 Å². The van der Waals surface area contributed by atoms with Crippen LogP contribution in [0.15, 0.2) is 12.2 Å². The Morgan fingerprint density at radius 2 is 2.05 bits per heavy atom. The van der Waals surface area contributed by atoms with E-state index in [4.69, 9.17) is 9.47 Å². The van der Waals surface area contributed by atoms with Crippen LogP contribution < -0.4 is 5.32 Å². The number of ether oxygens (including phenoxy) is 2. The van der Waals surface area contributed by atoms with Crippen molar-refractivity contribution in [3.8, 4) is 0 Å². The Hall–Kier alpha value is -2.05. The lowest BCUT2D eigenvalue weighted by molar-refractivity contribution is -0.143. The number of hydrogen-bond donors (Lipinski definition) is 1. The molecule has 1 fully saturated rings. The second-order valence-electron chi connectivity index (χ2n) is 4.48. The number of carbonyl (C=O) groups excluding carboxylic acids is 3. The predicted octanol–water partition coefficient (Wildman–Crippen LogP) is 0.0610. The van der Waals surface area contributed by atoms with Crippen LogP contribution in [0.4, 0.5) is 4.79 Å². The summed E-state index contributed by atoms with van der Waals surface area (Å²) in [6, 6.07) is -0.422. The van der Waals surface area contributed by atoms with E-state index < -0.39 is 11.9 Å². The molecule has 19 heavy (non-hydrogen) atoms. The van der Waals surface area contributed by atoms with Crippen molar-refractivity contribution in [3.63, 3.8) is 0 Å². The van der Waals surface area contributed by atoms with Gasteiger partial charge >= 0.3 is 18.0 Å². The Morgan fingerprint density at radius 3 is 2.58 bits per heavy atom. The summed E-state index contributed by atoms with van der Waals surface area (Å²) in [7, 11) is 1.65. The first-order chi connectivity index (χ1) is 8.88. The van der Waals surface area contributed by atoms with E-state index in [9.17, 15) is 14.4 Å². The van der Waals surface area contributed by atoms with Crippen LogP contribution in [0.5, 0.6) is 0 Å². The van der Waals surface area contributed by atoms with Crippen LogP contribution in [0.3, 0.4) is 0 Å². The molecule has 1 saturated heterocycles. The molecule has 0 aromatic carbocycles. The molecular weight excluding hydrogens is 252 g/mol. The van der Waals surface area contributed by atoms with Gasteiger partial charge < -0.3 is 19.7 Å². The zero-order valence-corrected chi connectivity index (χ0v) is 11.2. The number of likely N-dealkylation sites (N-methyl/N-ethyl adjacent to an activating group) is 1. The van der Waals surface area contributed by atoms with Gasteiger partial charge in [0.25, 0.3) is 0 Å². The molecule has 0 aromatic rings. The van der Waals surface area contributed by atoms with E-state index in [-0.39, 0.29) is 24.8 Å². The molecule has 1 aliphatic rings. The van der Waals surface area contributed by atoms with Gasteiger partial charge in [0.1, 0.15) is 6.61 Å². The van der Waals surface area contributed by atoms with Gasteiger partial charge in [0, 0.05) is 25.7 Å². The van der Waals surface area contributed by atoms with Gasteiger partial charge in [-0.05, 0) is 13.8 Å². The maximum absolute atomic E-state index is 11.3. The minimum absolute atomic E-state index is 0.0679. The minimum Gasteiger partial charge on any atom is -0.460 e. The fourth-order valence-electron chi connectivity index (χ4n) is 1.48. The topological polar surface area (TPSA) is 84.9 Å². The monoisotopic (exact) mass is 270 g/mol. The molecule has 0 saturated carbocycles. The normalized spacial score (nSPS) is 18.8. The quantitative estimate of drug-likeness (QED) is 0.564. The second-order valence-corrected chi connectivity index (χ2v) is 4.48. The average molecular weight is 270 g/mol. The summed E-state index contributed by atoms with van der Waals surface area (Å²) in [5.41, 5.74) is 0. The first kappa shape index (κ1) is 15.0. The minimum atomic E-state index is -0.649. The zero-order chi connectivity index (χ0) is 14.4. The molecule has 1 rings (SSSR count). The Kier molecular flexibility index (Phi) is 5.35. The lowest BCUT2D eigenvalue weighted by atomic mass is 10.3. The third kappa shape index (κ3) is 5.41. The van der Waals surface area contributed by atoms with Crippen molar-refractivity contribution in [2.75, 3.05) is 20.2 Å². The maximum atomic E-state index is 11.3. The van der Waals surface area contributed by atoms with Gasteiger partial charge in [-0.1, -0.05) is 0 Å². The van der Waals surface area contributed by atoms with Gasteiger partial charge in [-0.3, -0.25) is 0 Å². The molecule has 106 valence electrons. The Bertz CT molecular complexity index is 392. The molecule has 1 N–H and O–H groups in total. The molecule has 2 amide bonds. The molecule has 0 spiro atoms. The first-order valence-corrected chi connectivity index (χ1v) is 5.95. The number of esters is 2. The average Bonchev–Trinajstić information content (AvgIpc) is 2.63. The van der Waals surface area contributed by atoms with Crippen molar-refractivity contribution in [2.45, 2.75) is 26.0 Å². The highest BCUT2D eigenvalue weighted by Crippen LogP contribution is 2.01. The van der Waals surface area contributed by atoms with Gasteiger partial charge in [0.2, 0.25) is 0 Å². The van der Waals surface area contributed by atoms with Gasteiger partial charge in [-0.25, -0.2) is 14.4 Å². The summed E-state index contributed by atoms with van der Waals surface area (Å²) in [5.74, 6) is -1.25. The van der Waals surface area contributed by atoms with Crippen LogP contribution in [0.2, 0.25) is 0 Å². The fourth-order valence-corrected chi connectivity index (χ4v) is 1.48. The van der Waals surface area contributed by atoms with E-state index in [2.05, 4.69) is 5.32 Å². The first-order valence-electron chi connectivity index (χ1n) is 5.95. The molecule has 1 atom stereocenters. The maximum Gasteiger partial charge on any atom is 0.331 e. The second kappa shape index (κ2) is 6.77. The molecule has 0 aromatic heterocycles. The summed E-state index contributed by atoms with van der Waals surface area (Å²) in [6.07, 6.45) is 1.78. The third-order valence-corrected chi connectivity index (χ3v) is 2.30. The van der Waals surface area contributed by atoms with Crippen LogP contribution in [0.1, 0.15) is 13.8 Å². The van der Waals surface area contributed by atoms with Crippen molar-refractivity contribution in [1.82, 2.24) is 10.2 Å². The number of nitrogens with zero attached hydrogens (tertiary/aromatic N) is 1. The molecule has 1 aliphatic heterocycles. The van der Waals surface area contributed by atoms with E-state index in [0.717, 1.165) is 12.2 Å². The SMILES string of the molecule is CC(C)OC(=O)/C=C/C(=O)OCC1CN(C)C(=O)N1. The van der Waals surface area contributed by atoms with Gasteiger partial charge in [-0.2, -0.15) is 0 Å². The number of hydrogen-bond acceptors (Lipinski definition) is 5. The number of carbonyl (C=O) groups is 3. The van der Waals surface area contributed by atoms with E-state index in [1.807, 2.05) is 0 Å². The van der Waals surface area contributed by atoms with Gasteiger partial charge in [0.05, 0.1) is 12.1 Å². The number of rotatable bonds is 5. The lowest BCUT2D eigenvalue weighted by Gasteiger charge is -2.08. The van der Waals surface area contributed by atoms with Crippen molar-refractivity contribution in [1.29, 1.82) is 0 Å². The predicted molar refractivity (Wildman–Crippen MR) is 66.3 cm³/mol. The summed E-state index contributed by atoms with van der Waals surface area (Å²) in [6.45, 7) is 3.97. The van der Waals surface area contributed by atoms with Crippen LogP contribution in [-0.4, -0.2) is 55.2 Å². The van der Waals surface area contributed by atoms with Crippen LogP contribution >= 0.6 is 0 Å². The molecule has 0 radical (unpaired) electrons. The summed E-state index contributed by atoms with van der Waals surface area (Å²) in [4.78, 5) is 35.1. The molecule has 1 heterocycles. The van der Waals surface area contributed by atoms with Crippen molar-refractivity contribution >= 4 is 18.0 Å². The number of nitrogens with one attached hydrogen (secondary N) is 1. The molecule has 7 nitrogen and oxygen atoms in total. The molecule has 0 bridgehead atoms. The van der Waals surface area contributed by atoms with Gasteiger partial charge in [-0.15, -0.1) is 0 Å². The molecule has 0 aliphatic carbocycles. The van der Waals surface area contributed by atoms with E-state index in [1.165, 1.54) is 4.90 Å². The Balaban J connectivity index is 2.27. The molecule has 1 unspecified atom stereocenters. The smallest absolute Gasteiger partial charge is 0.331 e. The standard InChI is InChI=1S/C12H18N2O5/c1-8(2)19-11(16)5-4-10(15)18-7-9-6-14(3)12(17)13-9/h4-5,8-9H,6-7H2,1-3H3,(H,13,17)/b5-4+. The van der Waals surface area contributed by atoms with Crippen LogP contribution in [0, 0.1) is 0 Å². The van der Waals surface area contributed by atoms with E-state index in [1.54, 1.807) is 20.9 Å². The Labute approximate surface area is 111 Å². The van der Waals surface area contributed by atoms with Crippen LogP contribution in [0.25, 0.3) is 0 Å². The molecule has 7 heteroatoms. The largest absolute Gasteiger partial charge is 0.460 e. The highest BCUT2D eigenvalue weighted by Gasteiger charge is 2.26. The van der Waals surface area contributed by atoms with E-state index >= 15 is 0 Å². The lowest BCUT2D eigenvalue weighted by Crippen LogP contribution is -2.31. The van der Waals surface area contributed by atoms with Crippen molar-refractivity contribution in [2.24, 2.45) is 0 Å². The zero-order valence-electron chi connectivity index (χ0n) is 11.2. The van der Waals surface area contributed by atoms with Gasteiger partial charge in [0.15, 0.2) is 0 Å². The summed E-state index contributed by atoms with van der Waals surface area (Å²) >= 11 is 0. The van der Waals surface area contributed by atoms with Crippen molar-refractivity contribution in [3.05, 3.63) is 12.2 Å². The fraction of sp³-hybridized carbons (Fsp3) is 0.583. The summed E-state index contributed by atoms with van der Waals surface area (Å²) in [5, 5.41) is 2.64. The van der Waals surface area contributed by atoms with Crippen LogP contribution in [-0.2, 0) is 19.1 Å². The molecular formula is C12H18N2O5. The summed E-state index contributed by atoms with van der Waals surface area (Å²) < 4.78 is 9.71.